The maximum absolute atomic E-state index is 13.7. The Labute approximate surface area is 144 Å². The van der Waals surface area contributed by atoms with Gasteiger partial charge in [-0.25, -0.2) is 4.39 Å². The number of carbonyl (C=O) groups excluding carboxylic acids is 2. The number of aliphatic hydroxyl groups is 1. The Kier molecular flexibility index (Phi) is 7.98. The van der Waals surface area contributed by atoms with E-state index < -0.39 is 11.9 Å². The van der Waals surface area contributed by atoms with Gasteiger partial charge in [-0.1, -0.05) is 0 Å². The summed E-state index contributed by atoms with van der Waals surface area (Å²) in [5.74, 6) is -0.871. The summed E-state index contributed by atoms with van der Waals surface area (Å²) < 4.78 is 13.7. The highest BCUT2D eigenvalue weighted by Crippen LogP contribution is 2.21. The summed E-state index contributed by atoms with van der Waals surface area (Å²) in [6.07, 6.45) is -0.429. The van der Waals surface area contributed by atoms with Crippen molar-refractivity contribution in [1.82, 2.24) is 10.6 Å². The van der Waals surface area contributed by atoms with Gasteiger partial charge in [-0.2, -0.15) is 0 Å². The second kappa shape index (κ2) is 9.22. The van der Waals surface area contributed by atoms with Gasteiger partial charge in [0.2, 0.25) is 5.91 Å². The molecule has 1 saturated heterocycles. The summed E-state index contributed by atoms with van der Waals surface area (Å²) in [5.41, 5.74) is 0.0523. The number of thioether (sulfide) groups is 1. The quantitative estimate of drug-likeness (QED) is 0.524. The molecule has 0 aliphatic carbocycles. The molecule has 0 spiro atoms. The molecule has 23 heavy (non-hydrogen) atoms. The summed E-state index contributed by atoms with van der Waals surface area (Å²) in [7, 11) is 0. The highest BCUT2D eigenvalue weighted by molar-refractivity contribution is 8.00. The topological polar surface area (TPSA) is 78.4 Å². The van der Waals surface area contributed by atoms with Crippen molar-refractivity contribution in [3.8, 4) is 0 Å². The van der Waals surface area contributed by atoms with E-state index in [0.717, 1.165) is 0 Å². The zero-order valence-electron chi connectivity index (χ0n) is 12.7. The number of halogens is 2. The van der Waals surface area contributed by atoms with E-state index in [9.17, 15) is 19.1 Å². The normalized spacial score (nSPS) is 20.0. The van der Waals surface area contributed by atoms with E-state index in [1.807, 2.05) is 0 Å². The third-order valence-corrected chi connectivity index (χ3v) is 4.55. The molecule has 0 aromatic heterocycles. The van der Waals surface area contributed by atoms with Gasteiger partial charge in [0, 0.05) is 30.4 Å². The van der Waals surface area contributed by atoms with Gasteiger partial charge in [0.15, 0.2) is 5.78 Å². The monoisotopic (exact) mass is 362 g/mol. The van der Waals surface area contributed by atoms with Crippen LogP contribution in [-0.4, -0.2) is 48.3 Å². The number of β-amino-alcohol motifs (C(OH)–C–C–N with tert-alkyl or cyclic N) is 1. The fraction of sp³-hybridized carbons (Fsp3) is 0.467. The zero-order valence-corrected chi connectivity index (χ0v) is 14.3. The van der Waals surface area contributed by atoms with Gasteiger partial charge in [0.1, 0.15) is 5.82 Å². The number of amides is 1. The number of Topliss-reactive ketones (excluding diaryl/α,β-unsaturated/α-hetero) is 1. The first kappa shape index (κ1) is 19.9. The van der Waals surface area contributed by atoms with Crippen LogP contribution in [0.5, 0.6) is 0 Å². The molecule has 128 valence electrons. The van der Waals surface area contributed by atoms with E-state index in [-0.39, 0.29) is 41.3 Å². The van der Waals surface area contributed by atoms with Crippen LogP contribution in [0.1, 0.15) is 17.3 Å². The Hall–Kier alpha value is -1.15. The Morgan fingerprint density at radius 3 is 2.74 bits per heavy atom. The molecule has 1 aromatic carbocycles. The van der Waals surface area contributed by atoms with Gasteiger partial charge in [0.25, 0.3) is 0 Å². The lowest BCUT2D eigenvalue weighted by Gasteiger charge is -2.14. The third-order valence-electron chi connectivity index (χ3n) is 3.56. The lowest BCUT2D eigenvalue weighted by Crippen LogP contribution is -2.35. The standard InChI is InChI=1S/C15H19FN2O3S.ClH/c1-9(19)12-3-2-11(4-13(12)16)22-8-15(21)18-6-10-5-17-7-14(10)20;/h2-4,10,14,17,20H,5-8H2,1H3,(H,18,21);1H. The molecule has 2 atom stereocenters. The first-order valence-corrected chi connectivity index (χ1v) is 8.04. The van der Waals surface area contributed by atoms with Crippen LogP contribution in [0.25, 0.3) is 0 Å². The molecule has 2 rings (SSSR count). The van der Waals surface area contributed by atoms with Crippen LogP contribution in [0.2, 0.25) is 0 Å². The van der Waals surface area contributed by atoms with Crippen molar-refractivity contribution < 1.29 is 19.1 Å². The Morgan fingerprint density at radius 1 is 1.43 bits per heavy atom. The highest BCUT2D eigenvalue weighted by Gasteiger charge is 2.24. The number of hydrogen-bond acceptors (Lipinski definition) is 5. The number of nitrogens with one attached hydrogen (secondary N) is 2. The summed E-state index contributed by atoms with van der Waals surface area (Å²) in [6, 6.07) is 4.32. The van der Waals surface area contributed by atoms with Crippen molar-refractivity contribution in [3.63, 3.8) is 0 Å². The second-order valence-corrected chi connectivity index (χ2v) is 6.33. The van der Waals surface area contributed by atoms with Crippen LogP contribution in [-0.2, 0) is 4.79 Å². The molecule has 1 aliphatic rings. The predicted molar refractivity (Wildman–Crippen MR) is 89.8 cm³/mol. The van der Waals surface area contributed by atoms with E-state index in [2.05, 4.69) is 10.6 Å². The first-order valence-electron chi connectivity index (χ1n) is 7.06. The van der Waals surface area contributed by atoms with Gasteiger partial charge in [0.05, 0.1) is 17.4 Å². The van der Waals surface area contributed by atoms with Gasteiger partial charge in [-0.3, -0.25) is 9.59 Å². The maximum atomic E-state index is 13.7. The Balaban J connectivity index is 0.00000264. The lowest BCUT2D eigenvalue weighted by atomic mass is 10.1. The van der Waals surface area contributed by atoms with E-state index in [1.54, 1.807) is 6.07 Å². The van der Waals surface area contributed by atoms with Crippen LogP contribution in [0.4, 0.5) is 4.39 Å². The van der Waals surface area contributed by atoms with Crippen molar-refractivity contribution in [2.24, 2.45) is 5.92 Å². The van der Waals surface area contributed by atoms with Crippen LogP contribution in [0.15, 0.2) is 23.1 Å². The van der Waals surface area contributed by atoms with Crippen molar-refractivity contribution in [2.75, 3.05) is 25.4 Å². The number of rotatable bonds is 6. The van der Waals surface area contributed by atoms with Gasteiger partial charge >= 0.3 is 0 Å². The molecule has 0 bridgehead atoms. The molecule has 1 aliphatic heterocycles. The third kappa shape index (κ3) is 5.76. The number of carbonyl (C=O) groups is 2. The Morgan fingerprint density at radius 2 is 2.17 bits per heavy atom. The number of aliphatic hydroxyl groups excluding tert-OH is 1. The van der Waals surface area contributed by atoms with Gasteiger partial charge < -0.3 is 15.7 Å². The van der Waals surface area contributed by atoms with Crippen LogP contribution in [0.3, 0.4) is 0 Å². The molecule has 0 radical (unpaired) electrons. The van der Waals surface area contributed by atoms with Crippen molar-refractivity contribution >= 4 is 35.9 Å². The molecule has 2 unspecified atom stereocenters. The zero-order chi connectivity index (χ0) is 16.1. The molecule has 1 fully saturated rings. The SMILES string of the molecule is CC(=O)c1ccc(SCC(=O)NCC2CNCC2O)cc1F.Cl. The molecule has 5 nitrogen and oxygen atoms in total. The van der Waals surface area contributed by atoms with Crippen molar-refractivity contribution in [1.29, 1.82) is 0 Å². The minimum atomic E-state index is -0.571. The fourth-order valence-corrected chi connectivity index (χ4v) is 2.99. The summed E-state index contributed by atoms with van der Waals surface area (Å²) in [5, 5.41) is 15.4. The average molecular weight is 363 g/mol. The van der Waals surface area contributed by atoms with Gasteiger partial charge in [-0.05, 0) is 25.1 Å². The summed E-state index contributed by atoms with van der Waals surface area (Å²) in [4.78, 5) is 23.5. The Bertz CT molecular complexity index is 574. The smallest absolute Gasteiger partial charge is 0.230 e. The maximum Gasteiger partial charge on any atom is 0.230 e. The summed E-state index contributed by atoms with van der Waals surface area (Å²) >= 11 is 1.20. The fourth-order valence-electron chi connectivity index (χ4n) is 2.24. The van der Waals surface area contributed by atoms with Crippen LogP contribution < -0.4 is 10.6 Å². The molecule has 1 heterocycles. The molecular weight excluding hydrogens is 343 g/mol. The highest BCUT2D eigenvalue weighted by atomic mass is 35.5. The van der Waals surface area contributed by atoms with E-state index in [1.165, 1.54) is 30.8 Å². The number of benzene rings is 1. The van der Waals surface area contributed by atoms with E-state index in [0.29, 0.717) is 24.5 Å². The molecular formula is C15H20ClFN2O3S. The molecule has 1 amide bonds. The molecule has 3 N–H and O–H groups in total. The van der Waals surface area contributed by atoms with Crippen molar-refractivity contribution in [2.45, 2.75) is 17.9 Å². The van der Waals surface area contributed by atoms with Crippen molar-refractivity contribution in [3.05, 3.63) is 29.6 Å². The number of hydrogen-bond donors (Lipinski definition) is 3. The van der Waals surface area contributed by atoms with Crippen LogP contribution >= 0.6 is 24.2 Å². The minimum absolute atomic E-state index is 0. The van der Waals surface area contributed by atoms with Gasteiger partial charge in [-0.15, -0.1) is 24.2 Å². The average Bonchev–Trinajstić information content (AvgIpc) is 2.88. The van der Waals surface area contributed by atoms with E-state index >= 15 is 0 Å². The second-order valence-electron chi connectivity index (χ2n) is 5.28. The molecule has 8 heteroatoms. The molecule has 1 aromatic rings. The minimum Gasteiger partial charge on any atom is -0.391 e. The largest absolute Gasteiger partial charge is 0.391 e. The predicted octanol–water partition coefficient (Wildman–Crippen LogP) is 1.24. The number of ketones is 1. The summed E-state index contributed by atoms with van der Waals surface area (Å²) in [6.45, 7) is 2.97. The first-order chi connectivity index (χ1) is 10.5. The lowest BCUT2D eigenvalue weighted by molar-refractivity contribution is -0.118. The van der Waals surface area contributed by atoms with E-state index in [4.69, 9.17) is 0 Å². The van der Waals surface area contributed by atoms with Crippen LogP contribution in [0, 0.1) is 11.7 Å². The molecule has 0 saturated carbocycles.